The summed E-state index contributed by atoms with van der Waals surface area (Å²) in [7, 11) is 5.97. The zero-order valence-corrected chi connectivity index (χ0v) is 10.3. The largest absolute Gasteiger partial charge is 0.377 e. The average molecular weight is 187 g/mol. The van der Waals surface area contributed by atoms with Gasteiger partial charge in [0.25, 0.3) is 0 Å². The van der Waals surface area contributed by atoms with E-state index in [4.69, 9.17) is 4.74 Å². The zero-order valence-electron chi connectivity index (χ0n) is 10.3. The van der Waals surface area contributed by atoms with E-state index in [2.05, 4.69) is 46.7 Å². The first-order valence-electron chi connectivity index (χ1n) is 4.88. The van der Waals surface area contributed by atoms with Crippen LogP contribution in [0, 0.1) is 5.41 Å². The molecular weight excluding hydrogens is 162 g/mol. The van der Waals surface area contributed by atoms with E-state index in [-0.39, 0.29) is 5.60 Å². The van der Waals surface area contributed by atoms with E-state index in [9.17, 15) is 0 Å². The number of rotatable bonds is 4. The quantitative estimate of drug-likeness (QED) is 0.670. The summed E-state index contributed by atoms with van der Waals surface area (Å²) >= 11 is 0. The van der Waals surface area contributed by atoms with Crippen molar-refractivity contribution in [1.29, 1.82) is 0 Å². The fourth-order valence-electron chi connectivity index (χ4n) is 1.98. The van der Waals surface area contributed by atoms with Gasteiger partial charge >= 0.3 is 0 Å². The second-order valence-corrected chi connectivity index (χ2v) is 5.63. The minimum absolute atomic E-state index is 0.0260. The number of hydrogen-bond donors (Lipinski definition) is 0. The molecule has 1 atom stereocenters. The number of methoxy groups -OCH3 is 1. The van der Waals surface area contributed by atoms with Gasteiger partial charge in [-0.25, -0.2) is 0 Å². The maximum Gasteiger partial charge on any atom is 0.0781 e. The van der Waals surface area contributed by atoms with Crippen LogP contribution >= 0.6 is 0 Å². The van der Waals surface area contributed by atoms with Gasteiger partial charge in [0.05, 0.1) is 5.60 Å². The van der Waals surface area contributed by atoms with Crippen molar-refractivity contribution in [2.45, 2.75) is 39.7 Å². The Hall–Kier alpha value is -0.0800. The van der Waals surface area contributed by atoms with Crippen molar-refractivity contribution in [3.05, 3.63) is 0 Å². The van der Waals surface area contributed by atoms with Crippen LogP contribution in [0.1, 0.15) is 34.1 Å². The van der Waals surface area contributed by atoms with Gasteiger partial charge in [0, 0.05) is 13.7 Å². The Morgan fingerprint density at radius 2 is 1.54 bits per heavy atom. The second kappa shape index (κ2) is 4.43. The predicted molar refractivity (Wildman–Crippen MR) is 58.0 cm³/mol. The number of hydrogen-bond acceptors (Lipinski definition) is 2. The van der Waals surface area contributed by atoms with Crippen LogP contribution in [-0.4, -0.2) is 38.3 Å². The molecule has 0 N–H and O–H groups in total. The summed E-state index contributed by atoms with van der Waals surface area (Å²) in [6, 6.07) is 0. The number of likely N-dealkylation sites (N-methyl/N-ethyl adjacent to an activating group) is 1. The van der Waals surface area contributed by atoms with Gasteiger partial charge in [0.2, 0.25) is 0 Å². The van der Waals surface area contributed by atoms with E-state index < -0.39 is 0 Å². The summed E-state index contributed by atoms with van der Waals surface area (Å²) in [5.74, 6) is 0. The lowest BCUT2D eigenvalue weighted by atomic mass is 9.82. The molecule has 2 heteroatoms. The van der Waals surface area contributed by atoms with E-state index in [1.54, 1.807) is 7.11 Å². The Morgan fingerprint density at radius 3 is 1.77 bits per heavy atom. The molecule has 0 saturated heterocycles. The molecule has 0 aliphatic heterocycles. The molecule has 0 aromatic carbocycles. The molecule has 0 aliphatic carbocycles. The Labute approximate surface area is 83.3 Å². The van der Waals surface area contributed by atoms with Crippen molar-refractivity contribution >= 4 is 0 Å². The van der Waals surface area contributed by atoms with Crippen LogP contribution in [0.25, 0.3) is 0 Å². The van der Waals surface area contributed by atoms with Gasteiger partial charge in [-0.1, -0.05) is 20.8 Å². The number of nitrogens with zero attached hydrogens (tertiary/aromatic N) is 1. The summed E-state index contributed by atoms with van der Waals surface area (Å²) in [5, 5.41) is 0. The minimum atomic E-state index is -0.0260. The third-order valence-corrected chi connectivity index (χ3v) is 2.05. The van der Waals surface area contributed by atoms with Crippen molar-refractivity contribution in [1.82, 2.24) is 4.90 Å². The smallest absolute Gasteiger partial charge is 0.0781 e. The van der Waals surface area contributed by atoms with E-state index in [1.807, 2.05) is 0 Å². The van der Waals surface area contributed by atoms with E-state index in [1.165, 1.54) is 0 Å². The Bertz CT molecular complexity index is 149. The lowest BCUT2D eigenvalue weighted by Crippen LogP contribution is -2.42. The summed E-state index contributed by atoms with van der Waals surface area (Å²) in [5.41, 5.74) is 0.294. The topological polar surface area (TPSA) is 12.5 Å². The normalized spacial score (nSPS) is 17.5. The lowest BCUT2D eigenvalue weighted by molar-refractivity contribution is -0.0406. The molecule has 0 rings (SSSR count). The van der Waals surface area contributed by atoms with Gasteiger partial charge in [-0.15, -0.1) is 0 Å². The van der Waals surface area contributed by atoms with Crippen LogP contribution < -0.4 is 0 Å². The molecule has 0 aromatic rings. The summed E-state index contributed by atoms with van der Waals surface area (Å²) in [6.07, 6.45) is 1.08. The standard InChI is InChI=1S/C11H25NO/c1-10(2,3)8-11(4,13-7)9-12(5)6/h8-9H2,1-7H3. The highest BCUT2D eigenvalue weighted by atomic mass is 16.5. The fourth-order valence-corrected chi connectivity index (χ4v) is 1.98. The van der Waals surface area contributed by atoms with Crippen LogP contribution in [0.15, 0.2) is 0 Å². The third kappa shape index (κ3) is 6.05. The van der Waals surface area contributed by atoms with E-state index in [0.717, 1.165) is 13.0 Å². The molecular formula is C11H25NO. The van der Waals surface area contributed by atoms with Gasteiger partial charge in [-0.2, -0.15) is 0 Å². The molecule has 0 amide bonds. The molecule has 1 unspecified atom stereocenters. The number of ether oxygens (including phenoxy) is 1. The molecule has 0 fully saturated rings. The first-order chi connectivity index (χ1) is 5.68. The van der Waals surface area contributed by atoms with E-state index >= 15 is 0 Å². The molecule has 0 bridgehead atoms. The molecule has 0 heterocycles. The monoisotopic (exact) mass is 187 g/mol. The van der Waals surface area contributed by atoms with Gasteiger partial charge in [0.15, 0.2) is 0 Å². The van der Waals surface area contributed by atoms with Crippen LogP contribution in [0.2, 0.25) is 0 Å². The van der Waals surface area contributed by atoms with Gasteiger partial charge in [0.1, 0.15) is 0 Å². The SMILES string of the molecule is COC(C)(CN(C)C)CC(C)(C)C. The summed E-state index contributed by atoms with van der Waals surface area (Å²) < 4.78 is 5.58. The van der Waals surface area contributed by atoms with Crippen molar-refractivity contribution in [2.24, 2.45) is 5.41 Å². The maximum atomic E-state index is 5.58. The van der Waals surface area contributed by atoms with Crippen LogP contribution in [-0.2, 0) is 4.74 Å². The summed E-state index contributed by atoms with van der Waals surface area (Å²) in [6.45, 7) is 9.90. The van der Waals surface area contributed by atoms with Gasteiger partial charge < -0.3 is 9.64 Å². The Morgan fingerprint density at radius 1 is 1.08 bits per heavy atom. The minimum Gasteiger partial charge on any atom is -0.377 e. The first-order valence-corrected chi connectivity index (χ1v) is 4.88. The Kier molecular flexibility index (Phi) is 4.40. The second-order valence-electron chi connectivity index (χ2n) is 5.63. The average Bonchev–Trinajstić information content (AvgIpc) is 1.81. The third-order valence-electron chi connectivity index (χ3n) is 2.05. The highest BCUT2D eigenvalue weighted by Gasteiger charge is 2.30. The molecule has 2 nitrogen and oxygen atoms in total. The van der Waals surface area contributed by atoms with Gasteiger partial charge in [-0.3, -0.25) is 0 Å². The molecule has 0 saturated carbocycles. The van der Waals surface area contributed by atoms with Crippen LogP contribution in [0.3, 0.4) is 0 Å². The Balaban J connectivity index is 4.28. The molecule has 0 spiro atoms. The molecule has 0 aromatic heterocycles. The lowest BCUT2D eigenvalue weighted by Gasteiger charge is -2.36. The maximum absolute atomic E-state index is 5.58. The van der Waals surface area contributed by atoms with Crippen LogP contribution in [0.5, 0.6) is 0 Å². The first kappa shape index (κ1) is 12.9. The van der Waals surface area contributed by atoms with Gasteiger partial charge in [-0.05, 0) is 32.9 Å². The fraction of sp³-hybridized carbons (Fsp3) is 1.00. The van der Waals surface area contributed by atoms with Crippen molar-refractivity contribution in [3.63, 3.8) is 0 Å². The van der Waals surface area contributed by atoms with Crippen molar-refractivity contribution in [2.75, 3.05) is 27.7 Å². The highest BCUT2D eigenvalue weighted by molar-refractivity contribution is 4.83. The van der Waals surface area contributed by atoms with Crippen molar-refractivity contribution < 1.29 is 4.74 Å². The molecule has 80 valence electrons. The molecule has 0 radical (unpaired) electrons. The van der Waals surface area contributed by atoms with E-state index in [0.29, 0.717) is 5.41 Å². The predicted octanol–water partition coefficient (Wildman–Crippen LogP) is 2.39. The van der Waals surface area contributed by atoms with Crippen molar-refractivity contribution in [3.8, 4) is 0 Å². The van der Waals surface area contributed by atoms with Crippen LogP contribution in [0.4, 0.5) is 0 Å². The molecule has 13 heavy (non-hydrogen) atoms. The molecule has 0 aliphatic rings. The highest BCUT2D eigenvalue weighted by Crippen LogP contribution is 2.29. The zero-order chi connectivity index (χ0) is 10.7. The summed E-state index contributed by atoms with van der Waals surface area (Å²) in [4.78, 5) is 2.18.